The van der Waals surface area contributed by atoms with Crippen molar-refractivity contribution in [3.63, 3.8) is 0 Å². The van der Waals surface area contributed by atoms with Gasteiger partial charge in [-0.15, -0.1) is 0 Å². The maximum absolute atomic E-state index is 12.2. The van der Waals surface area contributed by atoms with E-state index in [1.54, 1.807) is 18.5 Å². The number of fused-ring (bicyclic) bond motifs is 1. The normalized spacial score (nSPS) is 32.0. The number of aromatic nitrogens is 2. The lowest BCUT2D eigenvalue weighted by Crippen LogP contribution is -2.41. The van der Waals surface area contributed by atoms with Gasteiger partial charge in [0, 0.05) is 24.9 Å². The maximum atomic E-state index is 12.2. The van der Waals surface area contributed by atoms with Crippen molar-refractivity contribution >= 4 is 23.5 Å². The predicted octanol–water partition coefficient (Wildman–Crippen LogP) is 2.14. The number of rotatable bonds is 4. The summed E-state index contributed by atoms with van der Waals surface area (Å²) in [5.41, 5.74) is 0.407. The van der Waals surface area contributed by atoms with Gasteiger partial charge in [0.1, 0.15) is 6.26 Å². The number of amides is 1. The second kappa shape index (κ2) is 5.96. The summed E-state index contributed by atoms with van der Waals surface area (Å²) in [7, 11) is 0. The van der Waals surface area contributed by atoms with Gasteiger partial charge in [0.25, 0.3) is 5.91 Å². The Balaban J connectivity index is 1.30. The number of halogens is 1. The zero-order chi connectivity index (χ0) is 17.7. The molecule has 8 heteroatoms. The Morgan fingerprint density at radius 1 is 1.42 bits per heavy atom. The molecule has 5 rings (SSSR count). The lowest BCUT2D eigenvalue weighted by atomic mass is 9.73. The second-order valence-electron chi connectivity index (χ2n) is 7.33. The molecule has 5 heterocycles. The van der Waals surface area contributed by atoms with Gasteiger partial charge < -0.3 is 19.4 Å². The highest BCUT2D eigenvalue weighted by Crippen LogP contribution is 2.54. The van der Waals surface area contributed by atoms with Crippen molar-refractivity contribution in [3.05, 3.63) is 41.6 Å². The van der Waals surface area contributed by atoms with Crippen LogP contribution in [0.4, 0.5) is 5.95 Å². The van der Waals surface area contributed by atoms with Crippen LogP contribution in [0.25, 0.3) is 0 Å². The molecule has 3 aliphatic rings. The number of hydrogen-bond acceptors (Lipinski definition) is 6. The van der Waals surface area contributed by atoms with Gasteiger partial charge >= 0.3 is 0 Å². The number of anilines is 1. The van der Waals surface area contributed by atoms with Crippen molar-refractivity contribution in [1.82, 2.24) is 15.3 Å². The van der Waals surface area contributed by atoms with Crippen molar-refractivity contribution in [2.45, 2.75) is 24.5 Å². The second-order valence-corrected chi connectivity index (χ2v) is 7.77. The van der Waals surface area contributed by atoms with E-state index in [0.29, 0.717) is 34.9 Å². The van der Waals surface area contributed by atoms with E-state index < -0.39 is 0 Å². The molecule has 1 N–H and O–H groups in total. The fourth-order valence-corrected chi connectivity index (χ4v) is 4.89. The molecule has 2 aromatic heterocycles. The van der Waals surface area contributed by atoms with E-state index in [2.05, 4.69) is 20.2 Å². The molecule has 4 atom stereocenters. The van der Waals surface area contributed by atoms with Crippen LogP contribution in [0.1, 0.15) is 23.2 Å². The van der Waals surface area contributed by atoms with E-state index in [9.17, 15) is 4.79 Å². The van der Waals surface area contributed by atoms with Crippen LogP contribution in [-0.4, -0.2) is 47.2 Å². The predicted molar refractivity (Wildman–Crippen MR) is 94.1 cm³/mol. The summed E-state index contributed by atoms with van der Waals surface area (Å²) in [6, 6.07) is 1.67. The first kappa shape index (κ1) is 16.1. The largest absolute Gasteiger partial charge is 0.472 e. The summed E-state index contributed by atoms with van der Waals surface area (Å²) in [5.74, 6) is 1.25. The van der Waals surface area contributed by atoms with Crippen LogP contribution in [0.15, 0.2) is 35.4 Å². The number of nitrogens with zero attached hydrogens (tertiary/aromatic N) is 3. The molecule has 0 saturated carbocycles. The summed E-state index contributed by atoms with van der Waals surface area (Å²) >= 11 is 5.90. The van der Waals surface area contributed by atoms with E-state index >= 15 is 0 Å². The SMILES string of the molecule is O=C(NC[C@H]1[C@H]2CN(c3ncc(Cl)cn3)C[C@]23CC[C@H]1O3)c1ccoc1. The van der Waals surface area contributed by atoms with E-state index in [4.69, 9.17) is 20.8 Å². The number of carbonyl (C=O) groups is 1. The lowest BCUT2D eigenvalue weighted by Gasteiger charge is -2.29. The molecule has 0 radical (unpaired) electrons. The highest BCUT2D eigenvalue weighted by atomic mass is 35.5. The zero-order valence-corrected chi connectivity index (χ0v) is 14.9. The molecule has 7 nitrogen and oxygen atoms in total. The van der Waals surface area contributed by atoms with Crippen LogP contribution in [-0.2, 0) is 4.74 Å². The Morgan fingerprint density at radius 2 is 2.27 bits per heavy atom. The van der Waals surface area contributed by atoms with Gasteiger partial charge in [-0.1, -0.05) is 11.6 Å². The molecule has 0 aromatic carbocycles. The minimum atomic E-state index is -0.140. The molecule has 0 unspecified atom stereocenters. The first-order valence-corrected chi connectivity index (χ1v) is 9.23. The summed E-state index contributed by atoms with van der Waals surface area (Å²) in [6.07, 6.45) is 8.52. The van der Waals surface area contributed by atoms with Gasteiger partial charge in [0.2, 0.25) is 5.95 Å². The Bertz CT molecular complexity index is 812. The molecule has 2 aromatic rings. The first-order chi connectivity index (χ1) is 12.6. The quantitative estimate of drug-likeness (QED) is 0.883. The van der Waals surface area contributed by atoms with Crippen molar-refractivity contribution in [1.29, 1.82) is 0 Å². The number of carbonyl (C=O) groups excluding carboxylic acids is 1. The number of nitrogens with one attached hydrogen (secondary N) is 1. The number of hydrogen-bond donors (Lipinski definition) is 1. The summed E-state index contributed by atoms with van der Waals surface area (Å²) < 4.78 is 11.4. The fourth-order valence-electron chi connectivity index (χ4n) is 4.79. The van der Waals surface area contributed by atoms with Crippen LogP contribution in [0.3, 0.4) is 0 Å². The molecule has 3 aliphatic heterocycles. The Labute approximate surface area is 155 Å². The Kier molecular flexibility index (Phi) is 3.68. The minimum absolute atomic E-state index is 0.105. The van der Waals surface area contributed by atoms with E-state index in [1.807, 2.05) is 0 Å². The molecule has 3 saturated heterocycles. The minimum Gasteiger partial charge on any atom is -0.472 e. The first-order valence-electron chi connectivity index (χ1n) is 8.85. The van der Waals surface area contributed by atoms with Crippen LogP contribution >= 0.6 is 11.6 Å². The molecule has 26 heavy (non-hydrogen) atoms. The van der Waals surface area contributed by atoms with E-state index in [1.165, 1.54) is 12.5 Å². The van der Waals surface area contributed by atoms with Gasteiger partial charge in [-0.25, -0.2) is 9.97 Å². The monoisotopic (exact) mass is 374 g/mol. The smallest absolute Gasteiger partial charge is 0.254 e. The van der Waals surface area contributed by atoms with Crippen molar-refractivity contribution in [2.24, 2.45) is 11.8 Å². The van der Waals surface area contributed by atoms with Crippen molar-refractivity contribution < 1.29 is 13.9 Å². The third-order valence-electron chi connectivity index (χ3n) is 5.96. The molecule has 1 spiro atoms. The molecule has 0 aliphatic carbocycles. The highest BCUT2D eigenvalue weighted by molar-refractivity contribution is 6.30. The topological polar surface area (TPSA) is 80.5 Å². The van der Waals surface area contributed by atoms with Gasteiger partial charge in [0.05, 0.1) is 47.5 Å². The van der Waals surface area contributed by atoms with E-state index in [-0.39, 0.29) is 17.6 Å². The summed E-state index contributed by atoms with van der Waals surface area (Å²) in [5, 5.41) is 3.57. The highest BCUT2D eigenvalue weighted by Gasteiger charge is 2.63. The standard InChI is InChI=1S/C18H19ClN4O3/c19-12-5-21-17(22-6-12)23-8-14-13(15-1-3-18(14,10-23)26-15)7-20-16(24)11-2-4-25-9-11/h2,4-6,9,13-15H,1,3,7-8,10H2,(H,20,24)/t13-,14+,15+,18+/m0/s1. The molecule has 2 bridgehead atoms. The van der Waals surface area contributed by atoms with Crippen molar-refractivity contribution in [3.8, 4) is 0 Å². The summed E-state index contributed by atoms with van der Waals surface area (Å²) in [4.78, 5) is 23.1. The van der Waals surface area contributed by atoms with Gasteiger partial charge in [0.15, 0.2) is 0 Å². The van der Waals surface area contributed by atoms with Crippen LogP contribution in [0.5, 0.6) is 0 Å². The third-order valence-corrected chi connectivity index (χ3v) is 6.15. The number of ether oxygens (including phenoxy) is 1. The molecule has 136 valence electrons. The third kappa shape index (κ3) is 2.49. The van der Waals surface area contributed by atoms with Crippen LogP contribution in [0, 0.1) is 11.8 Å². The fraction of sp³-hybridized carbons (Fsp3) is 0.500. The molecular weight excluding hydrogens is 356 g/mol. The average molecular weight is 375 g/mol. The van der Waals surface area contributed by atoms with Gasteiger partial charge in [-0.3, -0.25) is 4.79 Å². The number of furan rings is 1. The van der Waals surface area contributed by atoms with Crippen molar-refractivity contribution in [2.75, 3.05) is 24.5 Å². The van der Waals surface area contributed by atoms with Crippen LogP contribution < -0.4 is 10.2 Å². The molecule has 1 amide bonds. The van der Waals surface area contributed by atoms with Gasteiger partial charge in [-0.2, -0.15) is 0 Å². The summed E-state index contributed by atoms with van der Waals surface area (Å²) in [6.45, 7) is 2.24. The Hall–Kier alpha value is -2.12. The average Bonchev–Trinajstić information content (AvgIpc) is 3.40. The maximum Gasteiger partial charge on any atom is 0.254 e. The molecular formula is C18H19ClN4O3. The zero-order valence-electron chi connectivity index (χ0n) is 14.1. The van der Waals surface area contributed by atoms with Crippen LogP contribution in [0.2, 0.25) is 5.02 Å². The lowest BCUT2D eigenvalue weighted by molar-refractivity contribution is 0.0141. The molecule has 3 fully saturated rings. The van der Waals surface area contributed by atoms with E-state index in [0.717, 1.165) is 25.9 Å². The Morgan fingerprint density at radius 3 is 3.04 bits per heavy atom. The van der Waals surface area contributed by atoms with Gasteiger partial charge in [-0.05, 0) is 18.9 Å².